The number of likely N-dealkylation sites (N-methyl/N-ethyl adjacent to an activating group) is 1. The van der Waals surface area contributed by atoms with Crippen molar-refractivity contribution in [1.29, 1.82) is 0 Å². The van der Waals surface area contributed by atoms with Crippen molar-refractivity contribution in [2.24, 2.45) is 5.92 Å². The minimum atomic E-state index is -0.954. The highest BCUT2D eigenvalue weighted by atomic mass is 79.9. The number of hydrogen-bond donors (Lipinski definition) is 2. The highest BCUT2D eigenvalue weighted by Gasteiger charge is 2.39. The molecule has 2 aliphatic heterocycles. The first-order chi connectivity index (χ1) is 19.8. The molecule has 2 atom stereocenters. The zero-order valence-corrected chi connectivity index (χ0v) is 26.3. The van der Waals surface area contributed by atoms with Gasteiger partial charge in [-0.05, 0) is 67.9 Å². The van der Waals surface area contributed by atoms with Gasteiger partial charge in [0.2, 0.25) is 11.8 Å². The van der Waals surface area contributed by atoms with Crippen LogP contribution < -0.4 is 25.2 Å². The summed E-state index contributed by atoms with van der Waals surface area (Å²) >= 11 is 3.55. The second kappa shape index (κ2) is 13.9. The minimum absolute atomic E-state index is 0. The number of nitrogens with zero attached hydrogens (tertiary/aromatic N) is 2. The van der Waals surface area contributed by atoms with Gasteiger partial charge < -0.3 is 29.9 Å². The van der Waals surface area contributed by atoms with Crippen molar-refractivity contribution < 1.29 is 23.9 Å². The van der Waals surface area contributed by atoms with E-state index in [0.717, 1.165) is 20.8 Å². The number of carbonyl (C=O) groups excluding carboxylic acids is 3. The number of methoxy groups -OCH3 is 1. The van der Waals surface area contributed by atoms with Gasteiger partial charge in [-0.25, -0.2) is 0 Å². The highest BCUT2D eigenvalue weighted by molar-refractivity contribution is 9.10. The largest absolute Gasteiger partial charge is 0.496 e. The van der Waals surface area contributed by atoms with E-state index in [1.807, 2.05) is 54.6 Å². The number of para-hydroxylation sites is 2. The Kier molecular flexibility index (Phi) is 10.5. The van der Waals surface area contributed by atoms with E-state index < -0.39 is 12.1 Å². The number of ether oxygens (including phenoxy) is 2. The van der Waals surface area contributed by atoms with Crippen molar-refractivity contribution >= 4 is 68.2 Å². The van der Waals surface area contributed by atoms with Crippen LogP contribution in [0.15, 0.2) is 59.1 Å². The maximum Gasteiger partial charge on any atom is 0.251 e. The van der Waals surface area contributed by atoms with Gasteiger partial charge in [-0.1, -0.05) is 40.2 Å². The quantitative estimate of drug-likeness (QED) is 0.390. The molecule has 5 rings (SSSR count). The molecule has 11 heteroatoms. The van der Waals surface area contributed by atoms with Crippen LogP contribution in [0.3, 0.4) is 0 Å². The Morgan fingerprint density at radius 1 is 1.10 bits per heavy atom. The Bertz CT molecular complexity index is 1460. The van der Waals surface area contributed by atoms with E-state index in [1.54, 1.807) is 30.9 Å². The van der Waals surface area contributed by atoms with Crippen molar-refractivity contribution in [2.75, 3.05) is 43.7 Å². The van der Waals surface area contributed by atoms with Crippen LogP contribution in [0.1, 0.15) is 25.3 Å². The van der Waals surface area contributed by atoms with Gasteiger partial charge in [-0.3, -0.25) is 14.4 Å². The van der Waals surface area contributed by atoms with Crippen molar-refractivity contribution in [3.8, 4) is 5.75 Å². The molecule has 3 amide bonds. The number of anilines is 2. The van der Waals surface area contributed by atoms with Crippen molar-refractivity contribution in [2.45, 2.75) is 38.4 Å². The molecule has 42 heavy (non-hydrogen) atoms. The van der Waals surface area contributed by atoms with Crippen molar-refractivity contribution in [1.82, 2.24) is 10.6 Å². The highest BCUT2D eigenvalue weighted by Crippen LogP contribution is 2.38. The van der Waals surface area contributed by atoms with Gasteiger partial charge in [0.15, 0.2) is 0 Å². The van der Waals surface area contributed by atoms with Crippen LogP contribution in [-0.4, -0.2) is 63.7 Å². The molecule has 2 N–H and O–H groups in total. The molecule has 3 aromatic rings. The first-order valence-corrected chi connectivity index (χ1v) is 14.6. The number of rotatable bonds is 7. The van der Waals surface area contributed by atoms with Crippen LogP contribution in [0.4, 0.5) is 11.4 Å². The molecule has 0 unspecified atom stereocenters. The fourth-order valence-corrected chi connectivity index (χ4v) is 5.89. The van der Waals surface area contributed by atoms with Gasteiger partial charge in [-0.15, -0.1) is 12.4 Å². The van der Waals surface area contributed by atoms with E-state index in [1.165, 1.54) is 0 Å². The molecular weight excluding hydrogens is 624 g/mol. The van der Waals surface area contributed by atoms with Gasteiger partial charge in [-0.2, -0.15) is 0 Å². The van der Waals surface area contributed by atoms with E-state index in [9.17, 15) is 14.4 Å². The lowest BCUT2D eigenvalue weighted by Gasteiger charge is -2.30. The summed E-state index contributed by atoms with van der Waals surface area (Å²) in [7, 11) is 3.30. The SMILES string of the molecule is CN[C@@H](C)C(=O)N[C@H]1CN(C(=O)C2CCOCC2)c2ccccc2N(Cc2c(OC)ccc3cc(Br)ccc23)C1=O.Cl. The topological polar surface area (TPSA) is 100 Å². The first-order valence-electron chi connectivity index (χ1n) is 13.8. The minimum Gasteiger partial charge on any atom is -0.496 e. The Labute approximate surface area is 260 Å². The van der Waals surface area contributed by atoms with E-state index >= 15 is 0 Å². The number of halogens is 2. The average molecular weight is 660 g/mol. The second-order valence-corrected chi connectivity index (χ2v) is 11.3. The molecular formula is C31H36BrClN4O5. The zero-order chi connectivity index (χ0) is 29.1. The Morgan fingerprint density at radius 3 is 2.50 bits per heavy atom. The van der Waals surface area contributed by atoms with Gasteiger partial charge in [0.25, 0.3) is 5.91 Å². The van der Waals surface area contributed by atoms with E-state index in [2.05, 4.69) is 26.6 Å². The fraction of sp³-hybridized carbons (Fsp3) is 0.387. The number of hydrogen-bond acceptors (Lipinski definition) is 6. The smallest absolute Gasteiger partial charge is 0.251 e. The molecule has 2 heterocycles. The van der Waals surface area contributed by atoms with Crippen LogP contribution in [0.5, 0.6) is 5.75 Å². The van der Waals surface area contributed by atoms with Crippen LogP contribution in [0.2, 0.25) is 0 Å². The van der Waals surface area contributed by atoms with Crippen LogP contribution in [-0.2, 0) is 25.7 Å². The Morgan fingerprint density at radius 2 is 1.81 bits per heavy atom. The molecule has 1 fully saturated rings. The maximum atomic E-state index is 14.4. The lowest BCUT2D eigenvalue weighted by Crippen LogP contribution is -2.56. The molecule has 0 saturated carbocycles. The zero-order valence-electron chi connectivity index (χ0n) is 23.9. The predicted molar refractivity (Wildman–Crippen MR) is 169 cm³/mol. The summed E-state index contributed by atoms with van der Waals surface area (Å²) in [5.41, 5.74) is 2.07. The van der Waals surface area contributed by atoms with E-state index in [0.29, 0.717) is 43.2 Å². The number of benzene rings is 3. The molecule has 0 aliphatic carbocycles. The number of fused-ring (bicyclic) bond motifs is 2. The molecule has 2 aliphatic rings. The third-order valence-corrected chi connectivity index (χ3v) is 8.45. The van der Waals surface area contributed by atoms with Crippen molar-refractivity contribution in [3.63, 3.8) is 0 Å². The number of amides is 3. The maximum absolute atomic E-state index is 14.4. The van der Waals surface area contributed by atoms with Gasteiger partial charge >= 0.3 is 0 Å². The number of nitrogens with one attached hydrogen (secondary N) is 2. The standard InChI is InChI=1S/C31H35BrN4O5.ClH/c1-19(33-2)29(37)34-25-18-36(30(38)20-12-14-41-15-13-20)27-7-5-4-6-26(27)35(31(25)39)17-24-23-10-9-22(32)16-21(23)8-11-28(24)40-3;/h4-11,16,19-20,25,33H,12-15,17-18H2,1-3H3,(H,34,37);1H/t19-,25-;/m0./s1. The normalized spacial score (nSPS) is 18.1. The average Bonchev–Trinajstić information content (AvgIpc) is 3.11. The van der Waals surface area contributed by atoms with Gasteiger partial charge in [0, 0.05) is 29.2 Å². The third kappa shape index (κ3) is 6.41. The van der Waals surface area contributed by atoms with Crippen LogP contribution in [0, 0.1) is 5.92 Å². The molecule has 0 radical (unpaired) electrons. The summed E-state index contributed by atoms with van der Waals surface area (Å²) in [6.07, 6.45) is 1.23. The van der Waals surface area contributed by atoms with E-state index in [4.69, 9.17) is 9.47 Å². The molecule has 0 aromatic heterocycles. The molecule has 224 valence electrons. The number of carbonyl (C=O) groups is 3. The summed E-state index contributed by atoms with van der Waals surface area (Å²) in [5.74, 6) is -0.254. The lowest BCUT2D eigenvalue weighted by atomic mass is 9.98. The Balaban J connectivity index is 0.00000405. The molecule has 3 aromatic carbocycles. The first kappa shape index (κ1) is 31.7. The molecule has 0 bridgehead atoms. The summed E-state index contributed by atoms with van der Waals surface area (Å²) in [4.78, 5) is 44.7. The van der Waals surface area contributed by atoms with Gasteiger partial charge in [0.05, 0.1) is 37.6 Å². The summed E-state index contributed by atoms with van der Waals surface area (Å²) in [6, 6.07) is 15.8. The molecule has 0 spiro atoms. The fourth-order valence-electron chi connectivity index (χ4n) is 5.52. The summed E-state index contributed by atoms with van der Waals surface area (Å²) < 4.78 is 12.2. The van der Waals surface area contributed by atoms with Gasteiger partial charge in [0.1, 0.15) is 11.8 Å². The predicted octanol–water partition coefficient (Wildman–Crippen LogP) is 4.43. The summed E-state index contributed by atoms with van der Waals surface area (Å²) in [6.45, 7) is 2.99. The van der Waals surface area contributed by atoms with Crippen molar-refractivity contribution in [3.05, 3.63) is 64.6 Å². The lowest BCUT2D eigenvalue weighted by molar-refractivity contribution is -0.129. The van der Waals surface area contributed by atoms with Crippen LogP contribution in [0.25, 0.3) is 10.8 Å². The second-order valence-electron chi connectivity index (χ2n) is 10.4. The molecule has 9 nitrogen and oxygen atoms in total. The monoisotopic (exact) mass is 658 g/mol. The third-order valence-electron chi connectivity index (χ3n) is 7.96. The van der Waals surface area contributed by atoms with E-state index in [-0.39, 0.29) is 49.1 Å². The Hall–Kier alpha value is -3.18. The molecule has 1 saturated heterocycles. The summed E-state index contributed by atoms with van der Waals surface area (Å²) in [5, 5.41) is 7.79. The van der Waals surface area contributed by atoms with Crippen LogP contribution >= 0.6 is 28.3 Å².